The van der Waals surface area contributed by atoms with Crippen molar-refractivity contribution in [3.8, 4) is 0 Å². The van der Waals surface area contributed by atoms with Crippen LogP contribution in [0, 0.1) is 16.2 Å². The predicted octanol–water partition coefficient (Wildman–Crippen LogP) is 3.31. The lowest BCUT2D eigenvalue weighted by atomic mass is 9.89. The van der Waals surface area contributed by atoms with Crippen LogP contribution in [0.2, 0.25) is 0 Å². The van der Waals surface area contributed by atoms with Crippen molar-refractivity contribution in [1.29, 1.82) is 0 Å². The van der Waals surface area contributed by atoms with Gasteiger partial charge in [-0.25, -0.2) is 0 Å². The van der Waals surface area contributed by atoms with Crippen molar-refractivity contribution in [3.05, 3.63) is 0 Å². The summed E-state index contributed by atoms with van der Waals surface area (Å²) in [6, 6.07) is 0. The molecule has 0 bridgehead atoms. The maximum absolute atomic E-state index is 12.9. The molecule has 1 fully saturated rings. The second-order valence-corrected chi connectivity index (χ2v) is 15.3. The van der Waals surface area contributed by atoms with Crippen LogP contribution >= 0.6 is 0 Å². The van der Waals surface area contributed by atoms with Gasteiger partial charge >= 0.3 is 5.97 Å². The third-order valence-electron chi connectivity index (χ3n) is 6.67. The summed E-state index contributed by atoms with van der Waals surface area (Å²) >= 11 is 0. The van der Waals surface area contributed by atoms with E-state index in [1.165, 1.54) is 0 Å². The molecule has 0 amide bonds. The van der Waals surface area contributed by atoms with E-state index in [-0.39, 0.29) is 40.1 Å². The quantitative estimate of drug-likeness (QED) is 0.404. The highest BCUT2D eigenvalue weighted by Gasteiger charge is 2.25. The van der Waals surface area contributed by atoms with Gasteiger partial charge in [0.05, 0.1) is 26.2 Å². The first-order chi connectivity index (χ1) is 18.2. The van der Waals surface area contributed by atoms with E-state index < -0.39 is 5.97 Å². The number of hydrogen-bond donors (Lipinski definition) is 1. The van der Waals surface area contributed by atoms with Crippen molar-refractivity contribution in [2.75, 3.05) is 78.5 Å². The second kappa shape index (κ2) is 16.1. The standard InChI is InChI=1S/C31H58N4O5/c1-29(2,3)18-25(36)21-32-10-12-33(22-26(37)19-30(4,5)6)14-16-35(24-28(39)40)17-15-34(13-11-32)23-27(38)20-31(7,8)9/h10-24H2,1-9H3,(H,39,40). The predicted molar refractivity (Wildman–Crippen MR) is 161 cm³/mol. The van der Waals surface area contributed by atoms with Crippen LogP contribution in [-0.2, 0) is 19.2 Å². The molecule has 0 aromatic carbocycles. The lowest BCUT2D eigenvalue weighted by molar-refractivity contribution is -0.138. The van der Waals surface area contributed by atoms with Gasteiger partial charge in [0.1, 0.15) is 17.3 Å². The van der Waals surface area contributed by atoms with E-state index in [1.54, 1.807) is 0 Å². The molecule has 1 saturated heterocycles. The molecular weight excluding hydrogens is 508 g/mol. The topological polar surface area (TPSA) is 101 Å². The number of Topliss-reactive ketones (excluding diaryl/α,β-unsaturated/α-hetero) is 3. The molecule has 1 heterocycles. The molecule has 1 N–H and O–H groups in total. The van der Waals surface area contributed by atoms with Crippen LogP contribution in [-0.4, -0.2) is 127 Å². The zero-order chi connectivity index (χ0) is 30.7. The Bertz CT molecular complexity index is 792. The van der Waals surface area contributed by atoms with Gasteiger partial charge < -0.3 is 5.11 Å². The minimum absolute atomic E-state index is 0.0824. The first-order valence-electron chi connectivity index (χ1n) is 14.9. The van der Waals surface area contributed by atoms with Gasteiger partial charge in [0.25, 0.3) is 0 Å². The second-order valence-electron chi connectivity index (χ2n) is 15.3. The van der Waals surface area contributed by atoms with E-state index in [2.05, 4.69) is 77.0 Å². The first-order valence-corrected chi connectivity index (χ1v) is 14.9. The van der Waals surface area contributed by atoms with Crippen LogP contribution in [0.15, 0.2) is 0 Å². The summed E-state index contributed by atoms with van der Waals surface area (Å²) in [5, 5.41) is 9.52. The molecule has 0 aromatic rings. The number of hydrogen-bond acceptors (Lipinski definition) is 8. The largest absolute Gasteiger partial charge is 0.480 e. The van der Waals surface area contributed by atoms with Crippen LogP contribution in [0.4, 0.5) is 0 Å². The van der Waals surface area contributed by atoms with Gasteiger partial charge in [-0.15, -0.1) is 0 Å². The Morgan fingerprint density at radius 3 is 0.825 bits per heavy atom. The lowest BCUT2D eigenvalue weighted by Gasteiger charge is -2.34. The van der Waals surface area contributed by atoms with Crippen molar-refractivity contribution in [1.82, 2.24) is 19.6 Å². The van der Waals surface area contributed by atoms with Gasteiger partial charge in [-0.1, -0.05) is 62.3 Å². The summed E-state index contributed by atoms with van der Waals surface area (Å²) in [5.74, 6) is -0.356. The molecule has 0 unspecified atom stereocenters. The normalized spacial score (nSPS) is 18.6. The molecule has 0 saturated carbocycles. The SMILES string of the molecule is CC(C)(C)CC(=O)CN1CCN(CC(=O)O)CCN(CC(=O)CC(C)(C)C)CCN(CC(=O)CC(C)(C)C)CC1. The lowest BCUT2D eigenvalue weighted by Crippen LogP contribution is -2.49. The summed E-state index contributed by atoms with van der Waals surface area (Å²) in [6.07, 6.45) is 1.45. The van der Waals surface area contributed by atoms with Crippen LogP contribution in [0.5, 0.6) is 0 Å². The molecule has 9 heteroatoms. The van der Waals surface area contributed by atoms with Gasteiger partial charge in [0.2, 0.25) is 0 Å². The Balaban J connectivity index is 3.13. The summed E-state index contributed by atoms with van der Waals surface area (Å²) in [4.78, 5) is 58.6. The Labute approximate surface area is 243 Å². The number of aliphatic carboxylic acids is 1. The van der Waals surface area contributed by atoms with E-state index in [1.807, 2.05) is 4.90 Å². The number of carboxylic acid groups (broad SMARTS) is 1. The summed E-state index contributed by atoms with van der Waals surface area (Å²) in [6.45, 7) is 24.0. The third-order valence-corrected chi connectivity index (χ3v) is 6.67. The maximum atomic E-state index is 12.9. The van der Waals surface area contributed by atoms with E-state index in [4.69, 9.17) is 0 Å². The Hall–Kier alpha value is -1.68. The molecule has 0 aromatic heterocycles. The molecule has 0 atom stereocenters. The fourth-order valence-electron chi connectivity index (χ4n) is 5.09. The monoisotopic (exact) mass is 566 g/mol. The number of ketones is 3. The van der Waals surface area contributed by atoms with Gasteiger partial charge in [-0.05, 0) is 16.2 Å². The van der Waals surface area contributed by atoms with Crippen LogP contribution in [0.3, 0.4) is 0 Å². The molecule has 1 rings (SSSR count). The minimum atomic E-state index is -0.888. The first kappa shape index (κ1) is 36.3. The zero-order valence-electron chi connectivity index (χ0n) is 27.0. The number of carbonyl (C=O) groups is 4. The minimum Gasteiger partial charge on any atom is -0.480 e. The highest BCUT2D eigenvalue weighted by atomic mass is 16.4. The van der Waals surface area contributed by atoms with E-state index in [0.717, 1.165) is 0 Å². The molecule has 1 aliphatic heterocycles. The molecule has 0 spiro atoms. The molecule has 40 heavy (non-hydrogen) atoms. The summed E-state index contributed by atoms with van der Waals surface area (Å²) < 4.78 is 0. The third kappa shape index (κ3) is 18.6. The Kier molecular flexibility index (Phi) is 14.6. The van der Waals surface area contributed by atoms with E-state index >= 15 is 0 Å². The van der Waals surface area contributed by atoms with Crippen molar-refractivity contribution in [3.63, 3.8) is 0 Å². The van der Waals surface area contributed by atoms with Gasteiger partial charge in [-0.2, -0.15) is 0 Å². The fraction of sp³-hybridized carbons (Fsp3) is 0.871. The highest BCUT2D eigenvalue weighted by Crippen LogP contribution is 2.21. The molecule has 9 nitrogen and oxygen atoms in total. The molecule has 0 radical (unpaired) electrons. The number of carbonyl (C=O) groups excluding carboxylic acids is 3. The molecular formula is C31H58N4O5. The number of carboxylic acids is 1. The molecule has 232 valence electrons. The Morgan fingerprint density at radius 2 is 0.650 bits per heavy atom. The van der Waals surface area contributed by atoms with Crippen molar-refractivity contribution >= 4 is 23.3 Å². The van der Waals surface area contributed by atoms with Gasteiger partial charge in [0, 0.05) is 71.6 Å². The van der Waals surface area contributed by atoms with Crippen molar-refractivity contribution in [2.24, 2.45) is 16.2 Å². The number of rotatable bonds is 11. The average Bonchev–Trinajstić information content (AvgIpc) is 2.71. The van der Waals surface area contributed by atoms with E-state index in [9.17, 15) is 24.3 Å². The van der Waals surface area contributed by atoms with Crippen LogP contribution in [0.1, 0.15) is 81.6 Å². The van der Waals surface area contributed by atoms with Gasteiger partial charge in [0.15, 0.2) is 0 Å². The highest BCUT2D eigenvalue weighted by molar-refractivity contribution is 5.82. The zero-order valence-corrected chi connectivity index (χ0v) is 27.0. The molecule has 1 aliphatic rings. The smallest absolute Gasteiger partial charge is 0.317 e. The Morgan fingerprint density at radius 1 is 0.450 bits per heavy atom. The number of nitrogens with zero attached hydrogens (tertiary/aromatic N) is 4. The maximum Gasteiger partial charge on any atom is 0.317 e. The average molecular weight is 567 g/mol. The van der Waals surface area contributed by atoms with E-state index in [0.29, 0.717) is 91.3 Å². The van der Waals surface area contributed by atoms with Crippen molar-refractivity contribution in [2.45, 2.75) is 81.6 Å². The van der Waals surface area contributed by atoms with Crippen LogP contribution < -0.4 is 0 Å². The summed E-state index contributed by atoms with van der Waals surface area (Å²) in [7, 11) is 0. The van der Waals surface area contributed by atoms with Gasteiger partial charge in [-0.3, -0.25) is 38.8 Å². The molecule has 0 aliphatic carbocycles. The van der Waals surface area contributed by atoms with Crippen molar-refractivity contribution < 1.29 is 24.3 Å². The van der Waals surface area contributed by atoms with Crippen LogP contribution in [0.25, 0.3) is 0 Å². The fourth-order valence-corrected chi connectivity index (χ4v) is 5.09. The summed E-state index contributed by atoms with van der Waals surface area (Å²) in [5.41, 5.74) is -0.287.